The Kier molecular flexibility index (Phi) is 4.19. The minimum Gasteiger partial charge on any atom is -0.479 e. The molecule has 96 valence electrons. The first kappa shape index (κ1) is 12.9. The van der Waals surface area contributed by atoms with E-state index in [1.54, 1.807) is 0 Å². The van der Waals surface area contributed by atoms with Crippen molar-refractivity contribution in [2.75, 3.05) is 13.2 Å². The highest BCUT2D eigenvalue weighted by atomic mass is 16.5. The zero-order valence-corrected chi connectivity index (χ0v) is 10.4. The molecule has 0 bridgehead atoms. The lowest BCUT2D eigenvalue weighted by atomic mass is 9.77. The van der Waals surface area contributed by atoms with Gasteiger partial charge in [-0.25, -0.2) is 0 Å². The van der Waals surface area contributed by atoms with Crippen molar-refractivity contribution in [3.63, 3.8) is 0 Å². The van der Waals surface area contributed by atoms with Gasteiger partial charge in [-0.2, -0.15) is 5.26 Å². The number of nitrogens with one attached hydrogen (secondary N) is 1. The van der Waals surface area contributed by atoms with Crippen molar-refractivity contribution < 1.29 is 9.84 Å². The van der Waals surface area contributed by atoms with Crippen molar-refractivity contribution in [3.05, 3.63) is 29.8 Å². The third kappa shape index (κ3) is 3.00. The molecule has 1 saturated carbocycles. The Morgan fingerprint density at radius 1 is 1.33 bits per heavy atom. The van der Waals surface area contributed by atoms with Gasteiger partial charge in [-0.3, -0.25) is 0 Å². The van der Waals surface area contributed by atoms with Crippen molar-refractivity contribution in [3.8, 4) is 11.8 Å². The van der Waals surface area contributed by atoms with Crippen LogP contribution in [0.25, 0.3) is 0 Å². The second-order valence-corrected chi connectivity index (χ2v) is 4.74. The summed E-state index contributed by atoms with van der Waals surface area (Å²) in [7, 11) is 0. The molecule has 4 nitrogen and oxygen atoms in total. The summed E-state index contributed by atoms with van der Waals surface area (Å²) in [6.45, 7) is 1.03. The number of rotatable bonds is 6. The van der Waals surface area contributed by atoms with E-state index in [0.29, 0.717) is 5.75 Å². The highest BCUT2D eigenvalue weighted by Gasteiger charge is 2.35. The van der Waals surface area contributed by atoms with Crippen LogP contribution < -0.4 is 10.1 Å². The number of nitrogens with zero attached hydrogens (tertiary/aromatic N) is 1. The number of ether oxygens (including phenoxy) is 1. The van der Waals surface area contributed by atoms with E-state index in [2.05, 4.69) is 5.32 Å². The van der Waals surface area contributed by atoms with Crippen LogP contribution in [0.5, 0.6) is 5.75 Å². The lowest BCUT2D eigenvalue weighted by Gasteiger charge is -2.41. The minimum absolute atomic E-state index is 0.0595. The van der Waals surface area contributed by atoms with E-state index in [-0.39, 0.29) is 18.8 Å². The van der Waals surface area contributed by atoms with Crippen LogP contribution in [0.2, 0.25) is 0 Å². The van der Waals surface area contributed by atoms with Crippen LogP contribution >= 0.6 is 0 Å². The summed E-state index contributed by atoms with van der Waals surface area (Å²) in [5.74, 6) is 0.709. The van der Waals surface area contributed by atoms with E-state index in [9.17, 15) is 5.11 Å². The molecular formula is C14H18N2O2. The normalized spacial score (nSPS) is 16.7. The van der Waals surface area contributed by atoms with Gasteiger partial charge in [-0.1, -0.05) is 12.1 Å². The first-order chi connectivity index (χ1) is 8.78. The van der Waals surface area contributed by atoms with Crippen LogP contribution in [0.15, 0.2) is 24.3 Å². The first-order valence-electron chi connectivity index (χ1n) is 6.23. The smallest absolute Gasteiger partial charge is 0.174 e. The second-order valence-electron chi connectivity index (χ2n) is 4.74. The van der Waals surface area contributed by atoms with Crippen molar-refractivity contribution in [1.82, 2.24) is 5.32 Å². The number of benzene rings is 1. The van der Waals surface area contributed by atoms with Crippen LogP contribution in [-0.4, -0.2) is 23.9 Å². The molecule has 1 aliphatic carbocycles. The van der Waals surface area contributed by atoms with Crippen molar-refractivity contribution in [2.45, 2.75) is 31.3 Å². The van der Waals surface area contributed by atoms with Gasteiger partial charge >= 0.3 is 0 Å². The quantitative estimate of drug-likeness (QED) is 0.800. The van der Waals surface area contributed by atoms with Gasteiger partial charge in [0.2, 0.25) is 0 Å². The van der Waals surface area contributed by atoms with Crippen LogP contribution in [0.1, 0.15) is 24.8 Å². The maximum Gasteiger partial charge on any atom is 0.174 e. The molecule has 0 saturated heterocycles. The Hall–Kier alpha value is -1.57. The highest BCUT2D eigenvalue weighted by Crippen LogP contribution is 2.31. The predicted octanol–water partition coefficient (Wildman–Crippen LogP) is 1.59. The number of aliphatic hydroxyl groups excluding tert-OH is 1. The monoisotopic (exact) mass is 246 g/mol. The summed E-state index contributed by atoms with van der Waals surface area (Å²) < 4.78 is 5.19. The van der Waals surface area contributed by atoms with E-state index in [0.717, 1.165) is 24.9 Å². The molecule has 0 atom stereocenters. The topological polar surface area (TPSA) is 65.3 Å². The number of hydrogen-bond donors (Lipinski definition) is 2. The highest BCUT2D eigenvalue weighted by molar-refractivity contribution is 5.27. The van der Waals surface area contributed by atoms with Crippen molar-refractivity contribution >= 4 is 0 Å². The molecule has 0 spiro atoms. The van der Waals surface area contributed by atoms with Gasteiger partial charge in [-0.15, -0.1) is 0 Å². The third-order valence-corrected chi connectivity index (χ3v) is 3.51. The fraction of sp³-hybridized carbons (Fsp3) is 0.500. The maximum absolute atomic E-state index is 9.34. The summed E-state index contributed by atoms with van der Waals surface area (Å²) in [4.78, 5) is 0. The van der Waals surface area contributed by atoms with E-state index < -0.39 is 0 Å². The predicted molar refractivity (Wildman–Crippen MR) is 68.1 cm³/mol. The SMILES string of the molecule is N#CCOc1ccc(CNC2(CO)CCC2)cc1. The fourth-order valence-electron chi connectivity index (χ4n) is 2.10. The maximum atomic E-state index is 9.34. The lowest BCUT2D eigenvalue weighted by molar-refractivity contribution is 0.0872. The summed E-state index contributed by atoms with van der Waals surface area (Å²) in [5.41, 5.74) is 1.09. The van der Waals surface area contributed by atoms with Gasteiger partial charge in [0.1, 0.15) is 11.8 Å². The van der Waals surface area contributed by atoms with Gasteiger partial charge in [0.15, 0.2) is 6.61 Å². The molecule has 0 radical (unpaired) electrons. The Bertz CT molecular complexity index is 413. The van der Waals surface area contributed by atoms with Crippen molar-refractivity contribution in [1.29, 1.82) is 5.26 Å². The zero-order chi connectivity index (χ0) is 12.8. The van der Waals surface area contributed by atoms with Gasteiger partial charge in [0, 0.05) is 12.1 Å². The van der Waals surface area contributed by atoms with Gasteiger partial charge < -0.3 is 15.2 Å². The molecule has 0 heterocycles. The molecule has 1 fully saturated rings. The van der Waals surface area contributed by atoms with Crippen molar-refractivity contribution in [2.24, 2.45) is 0 Å². The fourth-order valence-corrected chi connectivity index (χ4v) is 2.10. The lowest BCUT2D eigenvalue weighted by Crippen LogP contribution is -2.53. The van der Waals surface area contributed by atoms with Crippen LogP contribution in [0, 0.1) is 11.3 Å². The largest absolute Gasteiger partial charge is 0.479 e. The Balaban J connectivity index is 1.85. The minimum atomic E-state index is -0.0595. The molecule has 0 amide bonds. The van der Waals surface area contributed by atoms with Crippen LogP contribution in [0.3, 0.4) is 0 Å². The summed E-state index contributed by atoms with van der Waals surface area (Å²) in [6, 6.07) is 9.61. The number of nitriles is 1. The van der Waals surface area contributed by atoms with Crippen LogP contribution in [-0.2, 0) is 6.54 Å². The average molecular weight is 246 g/mol. The molecular weight excluding hydrogens is 228 g/mol. The molecule has 0 aromatic heterocycles. The van der Waals surface area contributed by atoms with E-state index >= 15 is 0 Å². The Labute approximate surface area is 107 Å². The molecule has 1 aromatic rings. The van der Waals surface area contributed by atoms with E-state index in [1.807, 2.05) is 30.3 Å². The molecule has 2 N–H and O–H groups in total. The van der Waals surface area contributed by atoms with Gasteiger partial charge in [0.05, 0.1) is 6.61 Å². The van der Waals surface area contributed by atoms with E-state index in [4.69, 9.17) is 10.00 Å². The summed E-state index contributed by atoms with van der Waals surface area (Å²) in [6.07, 6.45) is 3.29. The molecule has 0 aliphatic heterocycles. The second kappa shape index (κ2) is 5.85. The van der Waals surface area contributed by atoms with Crippen LogP contribution in [0.4, 0.5) is 0 Å². The Morgan fingerprint density at radius 2 is 2.06 bits per heavy atom. The molecule has 0 unspecified atom stereocenters. The molecule has 2 rings (SSSR count). The van der Waals surface area contributed by atoms with Gasteiger partial charge in [-0.05, 0) is 37.0 Å². The third-order valence-electron chi connectivity index (χ3n) is 3.51. The molecule has 4 heteroatoms. The van der Waals surface area contributed by atoms with Gasteiger partial charge in [0.25, 0.3) is 0 Å². The van der Waals surface area contributed by atoms with E-state index in [1.165, 1.54) is 6.42 Å². The average Bonchev–Trinajstić information content (AvgIpc) is 2.37. The summed E-state index contributed by atoms with van der Waals surface area (Å²) >= 11 is 0. The molecule has 18 heavy (non-hydrogen) atoms. The number of hydrogen-bond acceptors (Lipinski definition) is 4. The number of aliphatic hydroxyl groups is 1. The zero-order valence-electron chi connectivity index (χ0n) is 10.4. The molecule has 1 aliphatic rings. The molecule has 1 aromatic carbocycles. The standard InChI is InChI=1S/C14H18N2O2/c15-8-9-18-13-4-2-12(3-5-13)10-16-14(11-17)6-1-7-14/h2-5,16-17H,1,6-7,9-11H2. The summed E-state index contributed by atoms with van der Waals surface area (Å²) in [5, 5.41) is 21.2. The first-order valence-corrected chi connectivity index (χ1v) is 6.23. The Morgan fingerprint density at radius 3 is 2.56 bits per heavy atom.